The molecule has 0 saturated carbocycles. The number of rotatable bonds is 2. The molecule has 2 rings (SSSR count). The summed E-state index contributed by atoms with van der Waals surface area (Å²) in [4.78, 5) is 11.5. The normalized spacial score (nSPS) is 18.4. The van der Waals surface area contributed by atoms with Gasteiger partial charge in [0.05, 0.1) is 23.8 Å². The molecule has 106 valence electrons. The zero-order chi connectivity index (χ0) is 14.0. The first kappa shape index (κ1) is 14.2. The van der Waals surface area contributed by atoms with Crippen molar-refractivity contribution in [3.05, 3.63) is 10.7 Å². The molecule has 0 radical (unpaired) electrons. The van der Waals surface area contributed by atoms with Crippen LogP contribution in [0.1, 0.15) is 20.8 Å². The summed E-state index contributed by atoms with van der Waals surface area (Å²) in [6, 6.07) is 0. The smallest absolute Gasteiger partial charge is 0.407 e. The van der Waals surface area contributed by atoms with Gasteiger partial charge in [0.2, 0.25) is 5.88 Å². The van der Waals surface area contributed by atoms with E-state index in [9.17, 15) is 4.79 Å². The minimum atomic E-state index is -0.479. The molecule has 2 heterocycles. The van der Waals surface area contributed by atoms with E-state index < -0.39 is 11.7 Å². The van der Waals surface area contributed by atoms with Gasteiger partial charge in [-0.1, -0.05) is 0 Å². The highest BCUT2D eigenvalue weighted by molar-refractivity contribution is 9.10. The molecule has 1 aliphatic heterocycles. The van der Waals surface area contributed by atoms with Gasteiger partial charge in [-0.05, 0) is 36.7 Å². The second kappa shape index (κ2) is 5.40. The van der Waals surface area contributed by atoms with E-state index in [1.54, 1.807) is 10.9 Å². The predicted octanol–water partition coefficient (Wildman–Crippen LogP) is 2.18. The Morgan fingerprint density at radius 3 is 3.11 bits per heavy atom. The van der Waals surface area contributed by atoms with Crippen molar-refractivity contribution >= 4 is 22.0 Å². The summed E-state index contributed by atoms with van der Waals surface area (Å²) in [5, 5.41) is 6.95. The Morgan fingerprint density at radius 1 is 1.68 bits per heavy atom. The van der Waals surface area contributed by atoms with Crippen LogP contribution in [-0.4, -0.2) is 34.6 Å². The van der Waals surface area contributed by atoms with Crippen LogP contribution >= 0.6 is 15.9 Å². The maximum atomic E-state index is 11.5. The number of amides is 1. The molecule has 1 amide bonds. The van der Waals surface area contributed by atoms with E-state index in [1.165, 1.54) is 0 Å². The lowest BCUT2D eigenvalue weighted by Gasteiger charge is -2.25. The number of carbonyl (C=O) groups is 1. The quantitative estimate of drug-likeness (QED) is 0.902. The number of alkyl carbamates (subject to hydrolysis) is 1. The molecule has 1 aromatic rings. The van der Waals surface area contributed by atoms with E-state index in [-0.39, 0.29) is 5.92 Å². The van der Waals surface area contributed by atoms with Gasteiger partial charge >= 0.3 is 6.09 Å². The van der Waals surface area contributed by atoms with Crippen molar-refractivity contribution in [2.75, 3.05) is 13.2 Å². The SMILES string of the molecule is CC(C)(C)OC(=O)NC[C@H]1COc2c(Br)cnn2C1. The molecule has 0 fully saturated rings. The van der Waals surface area contributed by atoms with Gasteiger partial charge in [0, 0.05) is 12.5 Å². The number of aromatic nitrogens is 2. The molecule has 0 bridgehead atoms. The lowest BCUT2D eigenvalue weighted by atomic mass is 10.1. The number of ether oxygens (including phenoxy) is 2. The van der Waals surface area contributed by atoms with Gasteiger partial charge in [0.15, 0.2) is 0 Å². The molecule has 0 saturated heterocycles. The van der Waals surface area contributed by atoms with Gasteiger partial charge < -0.3 is 14.8 Å². The first-order valence-electron chi connectivity index (χ1n) is 6.16. The molecule has 19 heavy (non-hydrogen) atoms. The Labute approximate surface area is 120 Å². The number of hydrogen-bond acceptors (Lipinski definition) is 4. The van der Waals surface area contributed by atoms with E-state index in [0.717, 1.165) is 16.9 Å². The van der Waals surface area contributed by atoms with Crippen LogP contribution in [0.2, 0.25) is 0 Å². The summed E-state index contributed by atoms with van der Waals surface area (Å²) in [5.74, 6) is 0.931. The van der Waals surface area contributed by atoms with Crippen molar-refractivity contribution in [1.29, 1.82) is 0 Å². The number of nitrogens with one attached hydrogen (secondary N) is 1. The minimum absolute atomic E-state index is 0.187. The molecule has 1 aromatic heterocycles. The van der Waals surface area contributed by atoms with Crippen LogP contribution in [-0.2, 0) is 11.3 Å². The molecular formula is C12H18BrN3O3. The van der Waals surface area contributed by atoms with E-state index in [0.29, 0.717) is 13.2 Å². The molecule has 1 N–H and O–H groups in total. The van der Waals surface area contributed by atoms with Gasteiger partial charge in [-0.25, -0.2) is 9.48 Å². The van der Waals surface area contributed by atoms with Crippen LogP contribution in [0, 0.1) is 5.92 Å². The molecule has 0 spiro atoms. The van der Waals surface area contributed by atoms with Crippen molar-refractivity contribution in [1.82, 2.24) is 15.1 Å². The fourth-order valence-electron chi connectivity index (χ4n) is 1.78. The predicted molar refractivity (Wildman–Crippen MR) is 73.1 cm³/mol. The Hall–Kier alpha value is -1.24. The number of carbonyl (C=O) groups excluding carboxylic acids is 1. The van der Waals surface area contributed by atoms with Gasteiger partial charge in [-0.15, -0.1) is 0 Å². The summed E-state index contributed by atoms with van der Waals surface area (Å²) >= 11 is 3.37. The van der Waals surface area contributed by atoms with Gasteiger partial charge in [0.1, 0.15) is 5.60 Å². The highest BCUT2D eigenvalue weighted by Crippen LogP contribution is 2.28. The third-order valence-corrected chi connectivity index (χ3v) is 3.11. The van der Waals surface area contributed by atoms with Crippen LogP contribution in [0.25, 0.3) is 0 Å². The average molecular weight is 332 g/mol. The molecule has 1 aliphatic rings. The summed E-state index contributed by atoms with van der Waals surface area (Å²) in [6.07, 6.45) is 1.30. The van der Waals surface area contributed by atoms with Crippen LogP contribution in [0.5, 0.6) is 5.88 Å². The highest BCUT2D eigenvalue weighted by Gasteiger charge is 2.24. The monoisotopic (exact) mass is 331 g/mol. The summed E-state index contributed by atoms with van der Waals surface area (Å²) in [6.45, 7) is 7.29. The molecular weight excluding hydrogens is 314 g/mol. The fraction of sp³-hybridized carbons (Fsp3) is 0.667. The van der Waals surface area contributed by atoms with E-state index in [2.05, 4.69) is 26.3 Å². The summed E-state index contributed by atoms with van der Waals surface area (Å²) < 4.78 is 13.4. The Balaban J connectivity index is 1.81. The number of hydrogen-bond donors (Lipinski definition) is 1. The zero-order valence-corrected chi connectivity index (χ0v) is 12.9. The molecule has 6 nitrogen and oxygen atoms in total. The topological polar surface area (TPSA) is 65.4 Å². The number of nitrogens with zero attached hydrogens (tertiary/aromatic N) is 2. The van der Waals surface area contributed by atoms with Crippen LogP contribution in [0.4, 0.5) is 4.79 Å². The molecule has 0 aromatic carbocycles. The zero-order valence-electron chi connectivity index (χ0n) is 11.3. The van der Waals surface area contributed by atoms with E-state index >= 15 is 0 Å². The van der Waals surface area contributed by atoms with Crippen molar-refractivity contribution in [2.24, 2.45) is 5.92 Å². The summed E-state index contributed by atoms with van der Waals surface area (Å²) in [7, 11) is 0. The van der Waals surface area contributed by atoms with E-state index in [1.807, 2.05) is 20.8 Å². The molecule has 0 unspecified atom stereocenters. The maximum absolute atomic E-state index is 11.5. The van der Waals surface area contributed by atoms with Crippen molar-refractivity contribution in [3.63, 3.8) is 0 Å². The molecule has 0 aliphatic carbocycles. The first-order valence-corrected chi connectivity index (χ1v) is 6.95. The first-order chi connectivity index (χ1) is 8.85. The molecule has 7 heteroatoms. The highest BCUT2D eigenvalue weighted by atomic mass is 79.9. The lowest BCUT2D eigenvalue weighted by Crippen LogP contribution is -2.39. The second-order valence-corrected chi connectivity index (χ2v) is 6.39. The largest absolute Gasteiger partial charge is 0.477 e. The Bertz CT molecular complexity index is 467. The molecule has 1 atom stereocenters. The average Bonchev–Trinajstić information content (AvgIpc) is 2.66. The van der Waals surface area contributed by atoms with Crippen molar-refractivity contribution in [2.45, 2.75) is 32.9 Å². The number of fused-ring (bicyclic) bond motifs is 1. The third kappa shape index (κ3) is 3.86. The summed E-state index contributed by atoms with van der Waals surface area (Å²) in [5.41, 5.74) is -0.479. The van der Waals surface area contributed by atoms with Gasteiger partial charge in [-0.3, -0.25) is 0 Å². The Kier molecular flexibility index (Phi) is 4.03. The fourth-order valence-corrected chi connectivity index (χ4v) is 2.19. The number of halogens is 1. The van der Waals surface area contributed by atoms with Crippen LogP contribution in [0.15, 0.2) is 10.7 Å². The minimum Gasteiger partial charge on any atom is -0.477 e. The van der Waals surface area contributed by atoms with E-state index in [4.69, 9.17) is 9.47 Å². The second-order valence-electron chi connectivity index (χ2n) is 5.54. The van der Waals surface area contributed by atoms with Crippen LogP contribution < -0.4 is 10.1 Å². The third-order valence-electron chi connectivity index (χ3n) is 2.57. The van der Waals surface area contributed by atoms with Crippen molar-refractivity contribution < 1.29 is 14.3 Å². The van der Waals surface area contributed by atoms with Crippen molar-refractivity contribution in [3.8, 4) is 5.88 Å². The Morgan fingerprint density at radius 2 is 2.42 bits per heavy atom. The van der Waals surface area contributed by atoms with Crippen LogP contribution in [0.3, 0.4) is 0 Å². The standard InChI is InChI=1S/C12H18BrN3O3/c1-12(2,3)19-11(17)14-4-8-6-16-10(18-7-8)9(13)5-15-16/h5,8H,4,6-7H2,1-3H3,(H,14,17)/t8-/m1/s1. The van der Waals surface area contributed by atoms with Gasteiger partial charge in [0.25, 0.3) is 0 Å². The maximum Gasteiger partial charge on any atom is 0.407 e. The van der Waals surface area contributed by atoms with Gasteiger partial charge in [-0.2, -0.15) is 5.10 Å². The lowest BCUT2D eigenvalue weighted by molar-refractivity contribution is 0.0503.